The van der Waals surface area contributed by atoms with E-state index in [1.165, 1.54) is 12.4 Å². The van der Waals surface area contributed by atoms with Gasteiger partial charge in [-0.15, -0.1) is 0 Å². The van der Waals surface area contributed by atoms with Gasteiger partial charge in [0.1, 0.15) is 17.8 Å². The summed E-state index contributed by atoms with van der Waals surface area (Å²) in [5.74, 6) is -0.331. The molecule has 0 aliphatic rings. The average Bonchev–Trinajstić information content (AvgIpc) is 3.23. The molecule has 0 bridgehead atoms. The lowest BCUT2D eigenvalue weighted by atomic mass is 10.1. The van der Waals surface area contributed by atoms with Gasteiger partial charge in [-0.3, -0.25) is 5.10 Å². The fourth-order valence-electron chi connectivity index (χ4n) is 2.58. The molecule has 0 spiro atoms. The van der Waals surface area contributed by atoms with Gasteiger partial charge in [-0.1, -0.05) is 12.1 Å². The number of aromatic nitrogens is 5. The Morgan fingerprint density at radius 1 is 1.13 bits per heavy atom. The Morgan fingerprint density at radius 2 is 2.04 bits per heavy atom. The highest BCUT2D eigenvalue weighted by Crippen LogP contribution is 2.30. The summed E-state index contributed by atoms with van der Waals surface area (Å²) < 4.78 is 14.0. The first-order chi connectivity index (χ1) is 11.3. The van der Waals surface area contributed by atoms with Crippen LogP contribution in [-0.2, 0) is 6.54 Å². The number of fused-ring (bicyclic) bond motifs is 1. The molecular formula is C16H13FN6. The van der Waals surface area contributed by atoms with Crippen LogP contribution >= 0.6 is 0 Å². The maximum atomic E-state index is 14.0. The van der Waals surface area contributed by atoms with Gasteiger partial charge in [0.15, 0.2) is 0 Å². The van der Waals surface area contributed by atoms with E-state index in [2.05, 4.69) is 25.1 Å². The average molecular weight is 308 g/mol. The Balaban J connectivity index is 1.88. The second kappa shape index (κ2) is 5.29. The van der Waals surface area contributed by atoms with Crippen LogP contribution < -0.4 is 5.73 Å². The lowest BCUT2D eigenvalue weighted by molar-refractivity contribution is 0.611. The predicted molar refractivity (Wildman–Crippen MR) is 84.8 cm³/mol. The smallest absolute Gasteiger partial charge is 0.141 e. The SMILES string of the molecule is NCc1ccc(-c2ncnc3[nH]c(-c4cn[nH]c4)cc23)cc1F. The number of benzene rings is 1. The Kier molecular flexibility index (Phi) is 3.13. The van der Waals surface area contributed by atoms with Gasteiger partial charge in [0, 0.05) is 34.8 Å². The summed E-state index contributed by atoms with van der Waals surface area (Å²) in [6.07, 6.45) is 4.96. The molecule has 114 valence electrons. The van der Waals surface area contributed by atoms with Gasteiger partial charge < -0.3 is 10.7 Å². The Hall–Kier alpha value is -3.06. The molecule has 6 nitrogen and oxygen atoms in total. The zero-order valence-electron chi connectivity index (χ0n) is 12.0. The molecule has 0 aliphatic carbocycles. The summed E-state index contributed by atoms with van der Waals surface area (Å²) in [7, 11) is 0. The fourth-order valence-corrected chi connectivity index (χ4v) is 2.58. The van der Waals surface area contributed by atoms with E-state index in [0.717, 1.165) is 16.6 Å². The molecule has 1 aromatic carbocycles. The van der Waals surface area contributed by atoms with E-state index in [-0.39, 0.29) is 12.4 Å². The summed E-state index contributed by atoms with van der Waals surface area (Å²) in [4.78, 5) is 11.8. The second-order valence-corrected chi connectivity index (χ2v) is 5.16. The molecule has 4 aromatic rings. The van der Waals surface area contributed by atoms with E-state index in [4.69, 9.17) is 5.73 Å². The minimum Gasteiger partial charge on any atom is -0.339 e. The molecule has 0 amide bonds. The van der Waals surface area contributed by atoms with Crippen molar-refractivity contribution in [3.8, 4) is 22.5 Å². The van der Waals surface area contributed by atoms with E-state index >= 15 is 0 Å². The van der Waals surface area contributed by atoms with Crippen LogP contribution in [0.25, 0.3) is 33.5 Å². The first kappa shape index (κ1) is 13.6. The molecule has 4 rings (SSSR count). The molecule has 0 fully saturated rings. The molecule has 0 saturated heterocycles. The summed E-state index contributed by atoms with van der Waals surface area (Å²) in [5.41, 5.74) is 9.82. The van der Waals surface area contributed by atoms with Crippen molar-refractivity contribution in [1.29, 1.82) is 0 Å². The van der Waals surface area contributed by atoms with Crippen molar-refractivity contribution < 1.29 is 4.39 Å². The third-order valence-electron chi connectivity index (χ3n) is 3.78. The van der Waals surface area contributed by atoms with Crippen molar-refractivity contribution >= 4 is 11.0 Å². The summed E-state index contributed by atoms with van der Waals surface area (Å²) in [6.45, 7) is 0.167. The van der Waals surface area contributed by atoms with Gasteiger partial charge in [0.25, 0.3) is 0 Å². The number of H-pyrrole nitrogens is 2. The maximum Gasteiger partial charge on any atom is 0.141 e. The van der Waals surface area contributed by atoms with Crippen LogP contribution in [0.4, 0.5) is 4.39 Å². The quantitative estimate of drug-likeness (QED) is 0.542. The van der Waals surface area contributed by atoms with Crippen LogP contribution in [0.5, 0.6) is 0 Å². The molecule has 0 radical (unpaired) electrons. The van der Waals surface area contributed by atoms with Crippen molar-refractivity contribution in [3.63, 3.8) is 0 Å². The molecule has 3 aromatic heterocycles. The fraction of sp³-hybridized carbons (Fsp3) is 0.0625. The van der Waals surface area contributed by atoms with Crippen molar-refractivity contribution in [2.75, 3.05) is 0 Å². The van der Waals surface area contributed by atoms with Crippen LogP contribution in [0.2, 0.25) is 0 Å². The summed E-state index contributed by atoms with van der Waals surface area (Å²) in [6, 6.07) is 6.89. The number of rotatable bonds is 3. The lowest BCUT2D eigenvalue weighted by Gasteiger charge is -2.05. The molecule has 7 heteroatoms. The minimum atomic E-state index is -0.331. The van der Waals surface area contributed by atoms with Gasteiger partial charge in [-0.25, -0.2) is 14.4 Å². The lowest BCUT2D eigenvalue weighted by Crippen LogP contribution is -1.99. The number of halogens is 1. The van der Waals surface area contributed by atoms with Crippen molar-refractivity contribution in [2.45, 2.75) is 6.54 Å². The Morgan fingerprint density at radius 3 is 2.78 bits per heavy atom. The van der Waals surface area contributed by atoms with E-state index in [1.54, 1.807) is 18.5 Å². The zero-order chi connectivity index (χ0) is 15.8. The van der Waals surface area contributed by atoms with Gasteiger partial charge in [0.05, 0.1) is 17.6 Å². The first-order valence-electron chi connectivity index (χ1n) is 7.08. The molecule has 0 saturated carbocycles. The van der Waals surface area contributed by atoms with Crippen molar-refractivity contribution in [1.82, 2.24) is 25.1 Å². The second-order valence-electron chi connectivity index (χ2n) is 5.16. The van der Waals surface area contributed by atoms with Crippen LogP contribution in [-0.4, -0.2) is 25.1 Å². The molecule has 23 heavy (non-hydrogen) atoms. The maximum absolute atomic E-state index is 14.0. The number of hydrogen-bond acceptors (Lipinski definition) is 4. The Bertz CT molecular complexity index is 974. The number of nitrogens with two attached hydrogens (primary N) is 1. The van der Waals surface area contributed by atoms with Gasteiger partial charge in [0.2, 0.25) is 0 Å². The normalized spacial score (nSPS) is 11.2. The minimum absolute atomic E-state index is 0.167. The van der Waals surface area contributed by atoms with E-state index in [1.807, 2.05) is 12.1 Å². The number of hydrogen-bond donors (Lipinski definition) is 3. The molecule has 4 N–H and O–H groups in total. The molecule has 3 heterocycles. The van der Waals surface area contributed by atoms with Crippen molar-refractivity contribution in [3.05, 3.63) is 54.4 Å². The highest BCUT2D eigenvalue weighted by atomic mass is 19.1. The van der Waals surface area contributed by atoms with Gasteiger partial charge in [-0.05, 0) is 12.1 Å². The van der Waals surface area contributed by atoms with Gasteiger partial charge >= 0.3 is 0 Å². The van der Waals surface area contributed by atoms with Crippen molar-refractivity contribution in [2.24, 2.45) is 5.73 Å². The largest absolute Gasteiger partial charge is 0.339 e. The number of nitrogens with one attached hydrogen (secondary N) is 2. The highest BCUT2D eigenvalue weighted by molar-refractivity contribution is 5.94. The predicted octanol–water partition coefficient (Wildman–Crippen LogP) is 2.61. The standard InChI is InChI=1S/C16H13FN6/c17-13-3-9(1-2-10(13)5-18)15-12-4-14(11-6-21-22-7-11)23-16(12)20-8-19-15/h1-4,6-8H,5,18H2,(H,21,22)(H,19,20,23). The monoisotopic (exact) mass is 308 g/mol. The molecule has 0 aliphatic heterocycles. The summed E-state index contributed by atoms with van der Waals surface area (Å²) >= 11 is 0. The van der Waals surface area contributed by atoms with Crippen LogP contribution in [0.1, 0.15) is 5.56 Å². The number of nitrogens with zero attached hydrogens (tertiary/aromatic N) is 3. The third-order valence-corrected chi connectivity index (χ3v) is 3.78. The molecule has 0 atom stereocenters. The van der Waals surface area contributed by atoms with Gasteiger partial charge in [-0.2, -0.15) is 5.10 Å². The van der Waals surface area contributed by atoms with E-state index < -0.39 is 0 Å². The third kappa shape index (κ3) is 2.27. The van der Waals surface area contributed by atoms with Crippen LogP contribution in [0.15, 0.2) is 43.0 Å². The topological polar surface area (TPSA) is 96.3 Å². The molecule has 0 unspecified atom stereocenters. The summed E-state index contributed by atoms with van der Waals surface area (Å²) in [5, 5.41) is 7.53. The number of aromatic amines is 2. The van der Waals surface area contributed by atoms with Crippen LogP contribution in [0.3, 0.4) is 0 Å². The zero-order valence-corrected chi connectivity index (χ0v) is 12.0. The molecular weight excluding hydrogens is 295 g/mol. The first-order valence-corrected chi connectivity index (χ1v) is 7.08. The van der Waals surface area contributed by atoms with E-state index in [9.17, 15) is 4.39 Å². The highest BCUT2D eigenvalue weighted by Gasteiger charge is 2.13. The Labute approximate surface area is 130 Å². The van der Waals surface area contributed by atoms with Crippen LogP contribution in [0, 0.1) is 5.82 Å². The van der Waals surface area contributed by atoms with E-state index in [0.29, 0.717) is 22.5 Å².